The molecule has 8 heteroatoms. The van der Waals surface area contributed by atoms with Gasteiger partial charge in [0.25, 0.3) is 0 Å². The summed E-state index contributed by atoms with van der Waals surface area (Å²) in [6.45, 7) is 0.269. The fraction of sp³-hybridized carbons (Fsp3) is 0.273. The Labute approximate surface area is 111 Å². The maximum absolute atomic E-state index is 12.0. The van der Waals surface area contributed by atoms with Gasteiger partial charge >= 0.3 is 0 Å². The van der Waals surface area contributed by atoms with Gasteiger partial charge in [0.15, 0.2) is 0 Å². The molecule has 0 unspecified atom stereocenters. The maximum atomic E-state index is 12.0. The molecule has 19 heavy (non-hydrogen) atoms. The van der Waals surface area contributed by atoms with Gasteiger partial charge in [-0.2, -0.15) is 5.10 Å². The van der Waals surface area contributed by atoms with Gasteiger partial charge in [0, 0.05) is 25.7 Å². The van der Waals surface area contributed by atoms with Gasteiger partial charge in [-0.15, -0.1) is 0 Å². The normalized spacial score (nSPS) is 11.4. The van der Waals surface area contributed by atoms with E-state index in [4.69, 9.17) is 0 Å². The quantitative estimate of drug-likeness (QED) is 0.710. The molecule has 0 spiro atoms. The van der Waals surface area contributed by atoms with E-state index in [1.54, 1.807) is 31.3 Å². The Hall–Kier alpha value is -1.93. The van der Waals surface area contributed by atoms with E-state index >= 15 is 0 Å². The van der Waals surface area contributed by atoms with Crippen molar-refractivity contribution >= 4 is 15.7 Å². The molecular formula is C11H15N5O2S. The predicted molar refractivity (Wildman–Crippen MR) is 71.3 cm³/mol. The lowest BCUT2D eigenvalue weighted by Gasteiger charge is -2.06. The minimum Gasteiger partial charge on any atom is -0.388 e. The number of aromatic nitrogens is 3. The number of nitrogens with zero attached hydrogens (tertiary/aromatic N) is 2. The van der Waals surface area contributed by atoms with Gasteiger partial charge in [0.1, 0.15) is 12.2 Å². The Morgan fingerprint density at radius 2 is 2.00 bits per heavy atom. The first-order valence-corrected chi connectivity index (χ1v) is 7.22. The Bertz CT molecular complexity index is 607. The van der Waals surface area contributed by atoms with Crippen molar-refractivity contribution in [2.24, 2.45) is 0 Å². The summed E-state index contributed by atoms with van der Waals surface area (Å²) >= 11 is 0. The van der Waals surface area contributed by atoms with Crippen molar-refractivity contribution < 1.29 is 8.42 Å². The summed E-state index contributed by atoms with van der Waals surface area (Å²) in [5.74, 6) is 0.647. The molecule has 0 aliphatic rings. The third-order valence-corrected chi connectivity index (χ3v) is 4.05. The number of H-pyrrole nitrogens is 1. The summed E-state index contributed by atoms with van der Waals surface area (Å²) in [6.07, 6.45) is 1.86. The van der Waals surface area contributed by atoms with Gasteiger partial charge < -0.3 is 5.32 Å². The molecule has 0 atom stereocenters. The van der Waals surface area contributed by atoms with Crippen LogP contribution in [0, 0.1) is 0 Å². The van der Waals surface area contributed by atoms with Crippen molar-refractivity contribution in [3.05, 3.63) is 36.4 Å². The molecule has 0 radical (unpaired) electrons. The van der Waals surface area contributed by atoms with Crippen LogP contribution >= 0.6 is 0 Å². The zero-order valence-corrected chi connectivity index (χ0v) is 11.2. The van der Waals surface area contributed by atoms with Gasteiger partial charge in [-0.05, 0) is 24.3 Å². The summed E-state index contributed by atoms with van der Waals surface area (Å²) in [5.41, 5.74) is 0.862. The number of hydrogen-bond donors (Lipinski definition) is 3. The van der Waals surface area contributed by atoms with Gasteiger partial charge in [-0.25, -0.2) is 18.1 Å². The van der Waals surface area contributed by atoms with E-state index in [1.165, 1.54) is 6.33 Å². The topological polar surface area (TPSA) is 99.8 Å². The summed E-state index contributed by atoms with van der Waals surface area (Å²) in [6, 6.07) is 6.54. The molecule has 0 amide bonds. The first-order valence-electron chi connectivity index (χ1n) is 5.73. The van der Waals surface area contributed by atoms with Crippen LogP contribution in [0.4, 0.5) is 5.69 Å². The number of anilines is 1. The monoisotopic (exact) mass is 281 g/mol. The maximum Gasteiger partial charge on any atom is 0.240 e. The Kier molecular flexibility index (Phi) is 4.13. The van der Waals surface area contributed by atoms with Crippen LogP contribution in [0.3, 0.4) is 0 Å². The lowest BCUT2D eigenvalue weighted by Crippen LogP contribution is -2.26. The van der Waals surface area contributed by atoms with E-state index in [9.17, 15) is 8.42 Å². The zero-order valence-electron chi connectivity index (χ0n) is 10.4. The second-order valence-corrected chi connectivity index (χ2v) is 5.62. The second-order valence-electron chi connectivity index (χ2n) is 3.85. The van der Waals surface area contributed by atoms with Crippen LogP contribution in [0.2, 0.25) is 0 Å². The second kappa shape index (κ2) is 5.81. The molecule has 3 N–H and O–H groups in total. The molecule has 1 heterocycles. The molecule has 0 aliphatic carbocycles. The standard InChI is InChI=1S/C11H15N5O2S/c1-12-9-2-4-10(5-3-9)19(17,18)15-7-6-11-13-8-14-16-11/h2-5,8,12,15H,6-7H2,1H3,(H,13,14,16). The molecule has 0 fully saturated rings. The Morgan fingerprint density at radius 3 is 2.58 bits per heavy atom. The first kappa shape index (κ1) is 13.5. The number of rotatable bonds is 6. The van der Waals surface area contributed by atoms with E-state index < -0.39 is 10.0 Å². The third-order valence-electron chi connectivity index (χ3n) is 2.57. The van der Waals surface area contributed by atoms with Crippen LogP contribution in [-0.4, -0.2) is 37.2 Å². The van der Waals surface area contributed by atoms with Crippen LogP contribution in [-0.2, 0) is 16.4 Å². The summed E-state index contributed by atoms with van der Waals surface area (Å²) < 4.78 is 26.5. The highest BCUT2D eigenvalue weighted by Gasteiger charge is 2.13. The minimum absolute atomic E-state index is 0.240. The average Bonchev–Trinajstić information content (AvgIpc) is 2.92. The lowest BCUT2D eigenvalue weighted by molar-refractivity contribution is 0.581. The molecule has 2 aromatic rings. The average molecular weight is 281 g/mol. The zero-order chi connectivity index (χ0) is 13.7. The summed E-state index contributed by atoms with van der Waals surface area (Å²) in [7, 11) is -1.70. The smallest absolute Gasteiger partial charge is 0.240 e. The van der Waals surface area contributed by atoms with E-state index in [1.807, 2.05) is 0 Å². The predicted octanol–water partition coefficient (Wildman–Crippen LogP) is 0.367. The molecule has 1 aromatic heterocycles. The number of sulfonamides is 1. The van der Waals surface area contributed by atoms with Gasteiger partial charge in [0.05, 0.1) is 4.90 Å². The van der Waals surface area contributed by atoms with Gasteiger partial charge in [-0.3, -0.25) is 5.10 Å². The Morgan fingerprint density at radius 1 is 1.26 bits per heavy atom. The van der Waals surface area contributed by atoms with E-state index in [2.05, 4.69) is 25.2 Å². The highest BCUT2D eigenvalue weighted by Crippen LogP contribution is 2.13. The van der Waals surface area contributed by atoms with E-state index in [-0.39, 0.29) is 11.4 Å². The van der Waals surface area contributed by atoms with Crippen molar-refractivity contribution in [2.75, 3.05) is 18.9 Å². The first-order chi connectivity index (χ1) is 9.12. The molecule has 2 rings (SSSR count). The minimum atomic E-state index is -3.48. The van der Waals surface area contributed by atoms with Gasteiger partial charge in [0.2, 0.25) is 10.0 Å². The van der Waals surface area contributed by atoms with Gasteiger partial charge in [-0.1, -0.05) is 0 Å². The molecule has 1 aromatic carbocycles. The number of nitrogens with one attached hydrogen (secondary N) is 3. The van der Waals surface area contributed by atoms with Crippen molar-refractivity contribution in [1.82, 2.24) is 19.9 Å². The number of aromatic amines is 1. The fourth-order valence-electron chi connectivity index (χ4n) is 1.54. The van der Waals surface area contributed by atoms with Crippen LogP contribution in [0.1, 0.15) is 5.82 Å². The van der Waals surface area contributed by atoms with E-state index in [0.29, 0.717) is 12.2 Å². The summed E-state index contributed by atoms with van der Waals surface area (Å²) in [4.78, 5) is 4.16. The largest absolute Gasteiger partial charge is 0.388 e. The highest BCUT2D eigenvalue weighted by atomic mass is 32.2. The van der Waals surface area contributed by atoms with Crippen LogP contribution < -0.4 is 10.0 Å². The molecule has 7 nitrogen and oxygen atoms in total. The SMILES string of the molecule is CNc1ccc(S(=O)(=O)NCCc2ncn[nH]2)cc1. The number of benzene rings is 1. The molecule has 0 saturated carbocycles. The molecule has 0 aliphatic heterocycles. The van der Waals surface area contributed by atoms with Crippen LogP contribution in [0.25, 0.3) is 0 Å². The van der Waals surface area contributed by atoms with E-state index in [0.717, 1.165) is 5.69 Å². The molecule has 0 bridgehead atoms. The molecular weight excluding hydrogens is 266 g/mol. The Balaban J connectivity index is 1.97. The van der Waals surface area contributed by atoms with Crippen molar-refractivity contribution in [2.45, 2.75) is 11.3 Å². The van der Waals surface area contributed by atoms with Crippen molar-refractivity contribution in [3.63, 3.8) is 0 Å². The third kappa shape index (κ3) is 3.52. The van der Waals surface area contributed by atoms with Crippen LogP contribution in [0.15, 0.2) is 35.5 Å². The fourth-order valence-corrected chi connectivity index (χ4v) is 2.57. The van der Waals surface area contributed by atoms with Crippen molar-refractivity contribution in [3.8, 4) is 0 Å². The highest BCUT2D eigenvalue weighted by molar-refractivity contribution is 7.89. The lowest BCUT2D eigenvalue weighted by atomic mass is 10.3. The van der Waals surface area contributed by atoms with Crippen LogP contribution in [0.5, 0.6) is 0 Å². The van der Waals surface area contributed by atoms with Crippen molar-refractivity contribution in [1.29, 1.82) is 0 Å². The molecule has 0 saturated heterocycles. The molecule has 102 valence electrons. The number of hydrogen-bond acceptors (Lipinski definition) is 5. The summed E-state index contributed by atoms with van der Waals surface area (Å²) in [5, 5.41) is 9.30.